The third-order valence-corrected chi connectivity index (χ3v) is 1.51. The van der Waals surface area contributed by atoms with Gasteiger partial charge in [-0.15, -0.1) is 0 Å². The molecule has 0 aromatic carbocycles. The van der Waals surface area contributed by atoms with Gasteiger partial charge in [0.25, 0.3) is 0 Å². The van der Waals surface area contributed by atoms with Gasteiger partial charge in [-0.05, 0) is 0 Å². The van der Waals surface area contributed by atoms with E-state index in [0.717, 1.165) is 0 Å². The molecule has 0 aromatic rings. The SMILES string of the molecule is FC(F)OC(F)(F)CCOCC1CO1. The maximum absolute atomic E-state index is 12.4. The van der Waals surface area contributed by atoms with E-state index in [2.05, 4.69) is 4.74 Å². The van der Waals surface area contributed by atoms with Crippen LogP contribution in [0.5, 0.6) is 0 Å². The van der Waals surface area contributed by atoms with Gasteiger partial charge in [-0.2, -0.15) is 17.6 Å². The monoisotopic (exact) mass is 218 g/mol. The van der Waals surface area contributed by atoms with Crippen LogP contribution in [-0.2, 0) is 14.2 Å². The van der Waals surface area contributed by atoms with E-state index in [9.17, 15) is 17.6 Å². The van der Waals surface area contributed by atoms with Crippen LogP contribution >= 0.6 is 0 Å². The van der Waals surface area contributed by atoms with Crippen LogP contribution in [0.1, 0.15) is 6.42 Å². The Kier molecular flexibility index (Phi) is 4.09. The predicted molar refractivity (Wildman–Crippen MR) is 37.2 cm³/mol. The number of rotatable bonds is 7. The number of ether oxygens (including phenoxy) is 3. The summed E-state index contributed by atoms with van der Waals surface area (Å²) in [5, 5.41) is 0. The zero-order chi connectivity index (χ0) is 10.6. The molecule has 0 bridgehead atoms. The normalized spacial score (nSPS) is 21.6. The van der Waals surface area contributed by atoms with E-state index in [1.165, 1.54) is 0 Å². The second kappa shape index (κ2) is 4.90. The third-order valence-electron chi connectivity index (χ3n) is 1.51. The molecule has 1 unspecified atom stereocenters. The van der Waals surface area contributed by atoms with Crippen LogP contribution < -0.4 is 0 Å². The van der Waals surface area contributed by atoms with Gasteiger partial charge in [-0.25, -0.2) is 0 Å². The van der Waals surface area contributed by atoms with E-state index in [0.29, 0.717) is 6.61 Å². The molecule has 1 saturated heterocycles. The van der Waals surface area contributed by atoms with Crippen molar-refractivity contribution in [1.82, 2.24) is 0 Å². The second-order valence-corrected chi connectivity index (χ2v) is 2.80. The Morgan fingerprint density at radius 3 is 2.57 bits per heavy atom. The van der Waals surface area contributed by atoms with Gasteiger partial charge in [-0.3, -0.25) is 4.74 Å². The molecule has 3 nitrogen and oxygen atoms in total. The van der Waals surface area contributed by atoms with Crippen LogP contribution in [0.2, 0.25) is 0 Å². The molecule has 1 aliphatic heterocycles. The fourth-order valence-corrected chi connectivity index (χ4v) is 0.759. The van der Waals surface area contributed by atoms with Crippen molar-refractivity contribution < 1.29 is 31.8 Å². The Balaban J connectivity index is 2.01. The van der Waals surface area contributed by atoms with Gasteiger partial charge < -0.3 is 9.47 Å². The Morgan fingerprint density at radius 1 is 1.43 bits per heavy atom. The summed E-state index contributed by atoms with van der Waals surface area (Å²) < 4.78 is 60.2. The first-order valence-electron chi connectivity index (χ1n) is 4.03. The zero-order valence-electron chi connectivity index (χ0n) is 7.22. The average molecular weight is 218 g/mol. The van der Waals surface area contributed by atoms with Crippen molar-refractivity contribution in [2.45, 2.75) is 25.2 Å². The topological polar surface area (TPSA) is 31.0 Å². The molecule has 0 amide bonds. The van der Waals surface area contributed by atoms with E-state index < -0.39 is 19.1 Å². The van der Waals surface area contributed by atoms with Gasteiger partial charge in [0.1, 0.15) is 6.10 Å². The van der Waals surface area contributed by atoms with Crippen molar-refractivity contribution in [3.8, 4) is 0 Å². The standard InChI is InChI=1S/C7H10F4O3/c8-6(9)14-7(10,11)1-2-12-3-5-4-13-5/h5-6H,1-4H2. The molecule has 0 N–H and O–H groups in total. The molecule has 7 heteroatoms. The molecule has 1 atom stereocenters. The fourth-order valence-electron chi connectivity index (χ4n) is 0.759. The molecule has 1 rings (SSSR count). The molecular weight excluding hydrogens is 208 g/mol. The first-order chi connectivity index (χ1) is 6.49. The van der Waals surface area contributed by atoms with Gasteiger partial charge in [0, 0.05) is 0 Å². The van der Waals surface area contributed by atoms with Crippen molar-refractivity contribution in [2.75, 3.05) is 19.8 Å². The molecule has 0 spiro atoms. The summed E-state index contributed by atoms with van der Waals surface area (Å²) in [6, 6.07) is 0. The van der Waals surface area contributed by atoms with Gasteiger partial charge in [0.2, 0.25) is 0 Å². The summed E-state index contributed by atoms with van der Waals surface area (Å²) in [5.74, 6) is 0. The Labute approximate surface area is 77.9 Å². The van der Waals surface area contributed by atoms with E-state index in [4.69, 9.17) is 9.47 Å². The Morgan fingerprint density at radius 2 is 2.07 bits per heavy atom. The minimum atomic E-state index is -3.83. The zero-order valence-corrected chi connectivity index (χ0v) is 7.22. The average Bonchev–Trinajstić information content (AvgIpc) is 2.78. The molecule has 1 fully saturated rings. The molecule has 0 radical (unpaired) electrons. The Hall–Kier alpha value is -0.400. The summed E-state index contributed by atoms with van der Waals surface area (Å²) in [4.78, 5) is 0. The van der Waals surface area contributed by atoms with Crippen LogP contribution in [0, 0.1) is 0 Å². The van der Waals surface area contributed by atoms with Crippen LogP contribution in [0.3, 0.4) is 0 Å². The lowest BCUT2D eigenvalue weighted by molar-refractivity contribution is -0.323. The largest absolute Gasteiger partial charge is 0.378 e. The maximum atomic E-state index is 12.4. The predicted octanol–water partition coefficient (Wildman–Crippen LogP) is 1.62. The second-order valence-electron chi connectivity index (χ2n) is 2.80. The summed E-state index contributed by atoms with van der Waals surface area (Å²) in [6.45, 7) is -3.04. The van der Waals surface area contributed by atoms with E-state index >= 15 is 0 Å². The van der Waals surface area contributed by atoms with E-state index in [-0.39, 0.29) is 19.3 Å². The highest BCUT2D eigenvalue weighted by Crippen LogP contribution is 2.23. The van der Waals surface area contributed by atoms with Crippen molar-refractivity contribution in [1.29, 1.82) is 0 Å². The smallest absolute Gasteiger partial charge is 0.362 e. The van der Waals surface area contributed by atoms with Crippen LogP contribution in [0.4, 0.5) is 17.6 Å². The number of halogens is 4. The summed E-state index contributed by atoms with van der Waals surface area (Å²) in [7, 11) is 0. The summed E-state index contributed by atoms with van der Waals surface area (Å²) in [6.07, 6.45) is -4.75. The van der Waals surface area contributed by atoms with Gasteiger partial charge in [-0.1, -0.05) is 0 Å². The third kappa shape index (κ3) is 5.36. The molecule has 1 heterocycles. The van der Waals surface area contributed by atoms with E-state index in [1.807, 2.05) is 0 Å². The van der Waals surface area contributed by atoms with Crippen LogP contribution in [0.15, 0.2) is 0 Å². The molecule has 14 heavy (non-hydrogen) atoms. The number of hydrogen-bond acceptors (Lipinski definition) is 3. The lowest BCUT2D eigenvalue weighted by atomic mass is 10.4. The Bertz CT molecular complexity index is 172. The van der Waals surface area contributed by atoms with Gasteiger partial charge >= 0.3 is 12.7 Å². The minimum absolute atomic E-state index is 0.0281. The lowest BCUT2D eigenvalue weighted by Gasteiger charge is -2.15. The molecule has 0 saturated carbocycles. The maximum Gasteiger partial charge on any atom is 0.362 e. The lowest BCUT2D eigenvalue weighted by Crippen LogP contribution is -2.26. The van der Waals surface area contributed by atoms with Crippen molar-refractivity contribution in [2.24, 2.45) is 0 Å². The highest BCUT2D eigenvalue weighted by Gasteiger charge is 2.34. The van der Waals surface area contributed by atoms with Crippen LogP contribution in [0.25, 0.3) is 0 Å². The van der Waals surface area contributed by atoms with Crippen molar-refractivity contribution >= 4 is 0 Å². The van der Waals surface area contributed by atoms with Gasteiger partial charge in [0.15, 0.2) is 0 Å². The number of epoxide rings is 1. The first-order valence-corrected chi connectivity index (χ1v) is 4.03. The highest BCUT2D eigenvalue weighted by atomic mass is 19.3. The molecule has 0 aromatic heterocycles. The van der Waals surface area contributed by atoms with Crippen molar-refractivity contribution in [3.63, 3.8) is 0 Å². The number of hydrogen-bond donors (Lipinski definition) is 0. The molecule has 1 aliphatic rings. The van der Waals surface area contributed by atoms with Crippen LogP contribution in [-0.4, -0.2) is 38.6 Å². The van der Waals surface area contributed by atoms with Crippen molar-refractivity contribution in [3.05, 3.63) is 0 Å². The van der Waals surface area contributed by atoms with E-state index in [1.54, 1.807) is 0 Å². The summed E-state index contributed by atoms with van der Waals surface area (Å²) in [5.41, 5.74) is 0. The fraction of sp³-hybridized carbons (Fsp3) is 1.00. The molecule has 84 valence electrons. The molecular formula is C7H10F4O3. The minimum Gasteiger partial charge on any atom is -0.378 e. The molecule has 0 aliphatic carbocycles. The first kappa shape index (κ1) is 11.7. The number of alkyl halides is 4. The van der Waals surface area contributed by atoms with Gasteiger partial charge in [0.05, 0.1) is 26.2 Å². The quantitative estimate of drug-likeness (QED) is 0.369. The summed E-state index contributed by atoms with van der Waals surface area (Å²) >= 11 is 0. The highest BCUT2D eigenvalue weighted by molar-refractivity contribution is 4.67.